The van der Waals surface area contributed by atoms with Crippen molar-refractivity contribution in [2.75, 3.05) is 13.7 Å². The summed E-state index contributed by atoms with van der Waals surface area (Å²) in [5.41, 5.74) is 0. The van der Waals surface area contributed by atoms with Gasteiger partial charge >= 0.3 is 0 Å². The molecular weight excluding hydrogens is 138 g/mol. The van der Waals surface area contributed by atoms with E-state index in [-0.39, 0.29) is 6.23 Å². The molecule has 2 heteroatoms. The highest BCUT2D eigenvalue weighted by Crippen LogP contribution is 1.81. The summed E-state index contributed by atoms with van der Waals surface area (Å²) in [5, 5.41) is 3.10. The Morgan fingerprint density at radius 1 is 1.45 bits per heavy atom. The summed E-state index contributed by atoms with van der Waals surface area (Å²) in [5.74, 6) is 6.06. The second-order valence-corrected chi connectivity index (χ2v) is 2.36. The predicted molar refractivity (Wildman–Crippen MR) is 47.2 cm³/mol. The van der Waals surface area contributed by atoms with Crippen molar-refractivity contribution in [3.05, 3.63) is 0 Å². The molecule has 64 valence electrons. The standard InChI is InChI=1S/C9H17NO/c1-4-5-6-7-8-10-9(2)11-3/h9-10H,4-5,8H2,1-3H3. The molecule has 0 amide bonds. The normalized spacial score (nSPS) is 11.9. The molecule has 0 fully saturated rings. The van der Waals surface area contributed by atoms with Gasteiger partial charge in [0.15, 0.2) is 0 Å². The second kappa shape index (κ2) is 7.59. The fourth-order valence-electron chi connectivity index (χ4n) is 0.554. The quantitative estimate of drug-likeness (QED) is 0.489. The summed E-state index contributed by atoms with van der Waals surface area (Å²) in [7, 11) is 1.68. The van der Waals surface area contributed by atoms with Crippen molar-refractivity contribution in [2.45, 2.75) is 32.9 Å². The molecule has 2 nitrogen and oxygen atoms in total. The zero-order valence-corrected chi connectivity index (χ0v) is 7.61. The van der Waals surface area contributed by atoms with Gasteiger partial charge in [0.25, 0.3) is 0 Å². The molecule has 0 aromatic rings. The van der Waals surface area contributed by atoms with Crippen LogP contribution in [0.25, 0.3) is 0 Å². The minimum absolute atomic E-state index is 0.103. The van der Waals surface area contributed by atoms with Crippen LogP contribution in [0, 0.1) is 11.8 Å². The maximum atomic E-state index is 4.98. The predicted octanol–water partition coefficient (Wildman–Crippen LogP) is 1.37. The van der Waals surface area contributed by atoms with Crippen molar-refractivity contribution < 1.29 is 4.74 Å². The Labute approximate surface area is 69.3 Å². The third kappa shape index (κ3) is 7.38. The highest BCUT2D eigenvalue weighted by atomic mass is 16.5. The smallest absolute Gasteiger partial charge is 0.105 e. The third-order valence-electron chi connectivity index (χ3n) is 1.33. The minimum Gasteiger partial charge on any atom is -0.367 e. The van der Waals surface area contributed by atoms with E-state index in [0.717, 1.165) is 19.4 Å². The van der Waals surface area contributed by atoms with Gasteiger partial charge in [-0.2, -0.15) is 0 Å². The Morgan fingerprint density at radius 3 is 2.73 bits per heavy atom. The van der Waals surface area contributed by atoms with E-state index in [1.807, 2.05) is 6.92 Å². The molecule has 0 rings (SSSR count). The van der Waals surface area contributed by atoms with Gasteiger partial charge in [0.05, 0.1) is 6.54 Å². The third-order valence-corrected chi connectivity index (χ3v) is 1.33. The first kappa shape index (κ1) is 10.5. The van der Waals surface area contributed by atoms with Crippen LogP contribution in [0.1, 0.15) is 26.7 Å². The van der Waals surface area contributed by atoms with Crippen LogP contribution < -0.4 is 5.32 Å². The SMILES string of the molecule is CCCC#CCNC(C)OC. The van der Waals surface area contributed by atoms with Gasteiger partial charge in [-0.1, -0.05) is 12.8 Å². The Morgan fingerprint density at radius 2 is 2.18 bits per heavy atom. The summed E-state index contributed by atoms with van der Waals surface area (Å²) in [6, 6.07) is 0. The summed E-state index contributed by atoms with van der Waals surface area (Å²) in [4.78, 5) is 0. The molecular formula is C9H17NO. The van der Waals surface area contributed by atoms with Crippen molar-refractivity contribution >= 4 is 0 Å². The van der Waals surface area contributed by atoms with E-state index in [0.29, 0.717) is 0 Å². The maximum Gasteiger partial charge on any atom is 0.105 e. The molecule has 1 unspecified atom stereocenters. The number of ether oxygens (including phenoxy) is 1. The lowest BCUT2D eigenvalue weighted by molar-refractivity contribution is 0.0934. The van der Waals surface area contributed by atoms with E-state index in [1.54, 1.807) is 7.11 Å². The van der Waals surface area contributed by atoms with Gasteiger partial charge in [0.1, 0.15) is 6.23 Å². The summed E-state index contributed by atoms with van der Waals surface area (Å²) in [6.45, 7) is 4.80. The van der Waals surface area contributed by atoms with Crippen LogP contribution in [0.5, 0.6) is 0 Å². The largest absolute Gasteiger partial charge is 0.367 e. The van der Waals surface area contributed by atoms with Crippen LogP contribution in [-0.2, 0) is 4.74 Å². The molecule has 0 saturated heterocycles. The van der Waals surface area contributed by atoms with Crippen molar-refractivity contribution in [1.82, 2.24) is 5.32 Å². The Bertz CT molecular complexity index is 134. The molecule has 11 heavy (non-hydrogen) atoms. The lowest BCUT2D eigenvalue weighted by atomic mass is 10.3. The molecule has 0 aliphatic rings. The first-order valence-electron chi connectivity index (χ1n) is 4.03. The number of unbranched alkanes of at least 4 members (excludes halogenated alkanes) is 1. The fourth-order valence-corrected chi connectivity index (χ4v) is 0.554. The van der Waals surface area contributed by atoms with Gasteiger partial charge in [-0.25, -0.2) is 0 Å². The van der Waals surface area contributed by atoms with Crippen LogP contribution in [0.3, 0.4) is 0 Å². The second-order valence-electron chi connectivity index (χ2n) is 2.36. The van der Waals surface area contributed by atoms with Crippen LogP contribution in [0.4, 0.5) is 0 Å². The van der Waals surface area contributed by atoms with Crippen LogP contribution in [0.15, 0.2) is 0 Å². The summed E-state index contributed by atoms with van der Waals surface area (Å²) in [6.07, 6.45) is 2.22. The number of nitrogens with one attached hydrogen (secondary N) is 1. The Balaban J connectivity index is 3.20. The zero-order valence-electron chi connectivity index (χ0n) is 7.61. The molecule has 1 atom stereocenters. The molecule has 0 aromatic carbocycles. The van der Waals surface area contributed by atoms with E-state index in [4.69, 9.17) is 4.74 Å². The van der Waals surface area contributed by atoms with Gasteiger partial charge in [-0.15, -0.1) is 5.92 Å². The van der Waals surface area contributed by atoms with Crippen molar-refractivity contribution in [2.24, 2.45) is 0 Å². The zero-order chi connectivity index (χ0) is 8.53. The Hall–Kier alpha value is -0.520. The van der Waals surface area contributed by atoms with Gasteiger partial charge in [-0.3, -0.25) is 5.32 Å². The van der Waals surface area contributed by atoms with E-state index < -0.39 is 0 Å². The first-order chi connectivity index (χ1) is 5.31. The van der Waals surface area contributed by atoms with Crippen LogP contribution in [0.2, 0.25) is 0 Å². The summed E-state index contributed by atoms with van der Waals surface area (Å²) < 4.78 is 4.98. The van der Waals surface area contributed by atoms with Gasteiger partial charge in [-0.05, 0) is 13.3 Å². The van der Waals surface area contributed by atoms with Crippen molar-refractivity contribution in [3.8, 4) is 11.8 Å². The Kier molecular flexibility index (Phi) is 7.23. The monoisotopic (exact) mass is 155 g/mol. The topological polar surface area (TPSA) is 21.3 Å². The molecule has 0 heterocycles. The van der Waals surface area contributed by atoms with Crippen LogP contribution >= 0.6 is 0 Å². The molecule has 0 aliphatic carbocycles. The van der Waals surface area contributed by atoms with E-state index in [2.05, 4.69) is 24.1 Å². The maximum absolute atomic E-state index is 4.98. The first-order valence-corrected chi connectivity index (χ1v) is 4.03. The van der Waals surface area contributed by atoms with E-state index in [9.17, 15) is 0 Å². The van der Waals surface area contributed by atoms with Gasteiger partial charge < -0.3 is 4.74 Å². The fraction of sp³-hybridized carbons (Fsp3) is 0.778. The van der Waals surface area contributed by atoms with Crippen molar-refractivity contribution in [1.29, 1.82) is 0 Å². The average molecular weight is 155 g/mol. The average Bonchev–Trinajstić information content (AvgIpc) is 2.04. The van der Waals surface area contributed by atoms with Gasteiger partial charge in [0.2, 0.25) is 0 Å². The molecule has 0 spiro atoms. The van der Waals surface area contributed by atoms with E-state index >= 15 is 0 Å². The number of rotatable bonds is 4. The van der Waals surface area contributed by atoms with Gasteiger partial charge in [0, 0.05) is 13.5 Å². The molecule has 1 N–H and O–H groups in total. The minimum atomic E-state index is 0.103. The summed E-state index contributed by atoms with van der Waals surface area (Å²) >= 11 is 0. The highest BCUT2D eigenvalue weighted by Gasteiger charge is 1.91. The molecule has 0 bridgehead atoms. The molecule has 0 aromatic heterocycles. The lowest BCUT2D eigenvalue weighted by Crippen LogP contribution is -2.27. The molecule has 0 saturated carbocycles. The van der Waals surface area contributed by atoms with Crippen LogP contribution in [-0.4, -0.2) is 19.9 Å². The molecule has 0 aliphatic heterocycles. The van der Waals surface area contributed by atoms with Crippen molar-refractivity contribution in [3.63, 3.8) is 0 Å². The number of methoxy groups -OCH3 is 1. The number of hydrogen-bond acceptors (Lipinski definition) is 2. The highest BCUT2D eigenvalue weighted by molar-refractivity contribution is 5.00. The van der Waals surface area contributed by atoms with E-state index in [1.165, 1.54) is 0 Å². The molecule has 0 radical (unpaired) electrons. The number of hydrogen-bond donors (Lipinski definition) is 1. The lowest BCUT2D eigenvalue weighted by Gasteiger charge is -2.07.